The summed E-state index contributed by atoms with van der Waals surface area (Å²) >= 11 is 0. The highest BCUT2D eigenvalue weighted by Crippen LogP contribution is 2.19. The van der Waals surface area contributed by atoms with Gasteiger partial charge in [-0.25, -0.2) is 4.98 Å². The smallest absolute Gasteiger partial charge is 0.226 e. The number of oxazole rings is 1. The maximum atomic E-state index is 5.70. The number of hydrogen-bond donors (Lipinski definition) is 1. The van der Waals surface area contributed by atoms with Crippen molar-refractivity contribution in [2.75, 3.05) is 0 Å². The number of rotatable bonds is 3. The van der Waals surface area contributed by atoms with E-state index in [-0.39, 0.29) is 6.04 Å². The molecule has 3 heteroatoms. The van der Waals surface area contributed by atoms with Gasteiger partial charge >= 0.3 is 0 Å². The minimum Gasteiger partial charge on any atom is -0.441 e. The van der Waals surface area contributed by atoms with E-state index in [2.05, 4.69) is 11.9 Å². The van der Waals surface area contributed by atoms with E-state index in [9.17, 15) is 0 Å². The topological polar surface area (TPSA) is 52.0 Å². The number of hydrogen-bond acceptors (Lipinski definition) is 3. The fourth-order valence-electron chi connectivity index (χ4n) is 1.55. The first-order valence-electron chi connectivity index (χ1n) is 5.42. The number of aryl methyl sites for hydroxylation is 1. The van der Waals surface area contributed by atoms with E-state index in [1.54, 1.807) is 6.20 Å². The normalized spacial score (nSPS) is 12.7. The van der Waals surface area contributed by atoms with Gasteiger partial charge in [0.1, 0.15) is 5.76 Å². The fourth-order valence-corrected chi connectivity index (χ4v) is 1.55. The van der Waals surface area contributed by atoms with E-state index in [0.717, 1.165) is 17.7 Å². The summed E-state index contributed by atoms with van der Waals surface area (Å²) in [6.45, 7) is 4.01. The van der Waals surface area contributed by atoms with E-state index in [4.69, 9.17) is 10.2 Å². The third kappa shape index (κ3) is 2.49. The molecular formula is C13H16N2O. The summed E-state index contributed by atoms with van der Waals surface area (Å²) in [4.78, 5) is 4.25. The lowest BCUT2D eigenvalue weighted by atomic mass is 10.1. The van der Waals surface area contributed by atoms with Crippen LogP contribution in [0.2, 0.25) is 0 Å². The summed E-state index contributed by atoms with van der Waals surface area (Å²) in [7, 11) is 0. The molecule has 0 radical (unpaired) electrons. The average Bonchev–Trinajstić information content (AvgIpc) is 2.66. The number of nitrogens with zero attached hydrogens (tertiary/aromatic N) is 1. The van der Waals surface area contributed by atoms with Crippen LogP contribution in [0.1, 0.15) is 18.2 Å². The first-order chi connectivity index (χ1) is 7.65. The van der Waals surface area contributed by atoms with E-state index in [0.29, 0.717) is 5.89 Å². The lowest BCUT2D eigenvalue weighted by Gasteiger charge is -2.00. The molecule has 0 aliphatic rings. The van der Waals surface area contributed by atoms with Gasteiger partial charge in [0.2, 0.25) is 5.89 Å². The van der Waals surface area contributed by atoms with Gasteiger partial charge in [0.25, 0.3) is 0 Å². The Morgan fingerprint density at radius 1 is 1.31 bits per heavy atom. The highest BCUT2D eigenvalue weighted by molar-refractivity contribution is 5.53. The van der Waals surface area contributed by atoms with Gasteiger partial charge in [0.15, 0.2) is 0 Å². The van der Waals surface area contributed by atoms with Crippen molar-refractivity contribution in [3.05, 3.63) is 41.8 Å². The minimum absolute atomic E-state index is 0.0961. The molecule has 2 aromatic rings. The summed E-state index contributed by atoms with van der Waals surface area (Å²) in [5.41, 5.74) is 7.93. The second kappa shape index (κ2) is 4.49. The molecular weight excluding hydrogens is 200 g/mol. The van der Waals surface area contributed by atoms with Gasteiger partial charge in [-0.1, -0.05) is 17.7 Å². The molecule has 0 saturated carbocycles. The van der Waals surface area contributed by atoms with Crippen molar-refractivity contribution < 1.29 is 4.42 Å². The van der Waals surface area contributed by atoms with E-state index < -0.39 is 0 Å². The first kappa shape index (κ1) is 10.9. The second-order valence-corrected chi connectivity index (χ2v) is 4.18. The predicted octanol–water partition coefficient (Wildman–Crippen LogP) is 2.54. The van der Waals surface area contributed by atoms with Crippen molar-refractivity contribution in [3.8, 4) is 11.5 Å². The maximum Gasteiger partial charge on any atom is 0.226 e. The van der Waals surface area contributed by atoms with Crippen molar-refractivity contribution in [3.63, 3.8) is 0 Å². The van der Waals surface area contributed by atoms with Crippen molar-refractivity contribution >= 4 is 0 Å². The minimum atomic E-state index is 0.0961. The Balaban J connectivity index is 2.21. The molecule has 0 amide bonds. The molecule has 16 heavy (non-hydrogen) atoms. The molecule has 0 saturated heterocycles. The van der Waals surface area contributed by atoms with E-state index in [1.165, 1.54) is 5.56 Å². The molecule has 3 nitrogen and oxygen atoms in total. The van der Waals surface area contributed by atoms with E-state index in [1.807, 2.05) is 31.2 Å². The Morgan fingerprint density at radius 3 is 2.62 bits per heavy atom. The summed E-state index contributed by atoms with van der Waals surface area (Å²) in [6.07, 6.45) is 2.47. The van der Waals surface area contributed by atoms with Crippen molar-refractivity contribution in [1.29, 1.82) is 0 Å². The zero-order valence-corrected chi connectivity index (χ0v) is 9.60. The zero-order chi connectivity index (χ0) is 11.5. The van der Waals surface area contributed by atoms with Crippen molar-refractivity contribution in [1.82, 2.24) is 4.98 Å². The molecule has 1 heterocycles. The van der Waals surface area contributed by atoms with Crippen LogP contribution in [0.4, 0.5) is 0 Å². The van der Waals surface area contributed by atoms with Crippen LogP contribution < -0.4 is 5.73 Å². The van der Waals surface area contributed by atoms with Crippen molar-refractivity contribution in [2.24, 2.45) is 5.73 Å². The van der Waals surface area contributed by atoms with Gasteiger partial charge in [-0.15, -0.1) is 0 Å². The summed E-state index contributed by atoms with van der Waals surface area (Å²) in [6, 6.07) is 8.21. The van der Waals surface area contributed by atoms with Crippen LogP contribution in [0.3, 0.4) is 0 Å². The fraction of sp³-hybridized carbons (Fsp3) is 0.308. The molecule has 0 fully saturated rings. The van der Waals surface area contributed by atoms with Gasteiger partial charge < -0.3 is 10.2 Å². The zero-order valence-electron chi connectivity index (χ0n) is 9.60. The summed E-state index contributed by atoms with van der Waals surface area (Å²) in [5.74, 6) is 1.50. The van der Waals surface area contributed by atoms with Crippen LogP contribution in [0.25, 0.3) is 11.5 Å². The quantitative estimate of drug-likeness (QED) is 0.857. The van der Waals surface area contributed by atoms with Gasteiger partial charge in [0.05, 0.1) is 6.20 Å². The van der Waals surface area contributed by atoms with Crippen LogP contribution in [0, 0.1) is 6.92 Å². The standard InChI is InChI=1S/C13H16N2O/c1-9-3-5-11(6-4-9)13-15-8-12(16-13)7-10(2)14/h3-6,8,10H,7,14H2,1-2H3. The van der Waals surface area contributed by atoms with Crippen molar-refractivity contribution in [2.45, 2.75) is 26.3 Å². The maximum absolute atomic E-state index is 5.70. The lowest BCUT2D eigenvalue weighted by Crippen LogP contribution is -2.17. The molecule has 0 bridgehead atoms. The van der Waals surface area contributed by atoms with Crippen LogP contribution in [-0.2, 0) is 6.42 Å². The average molecular weight is 216 g/mol. The molecule has 84 valence electrons. The first-order valence-corrected chi connectivity index (χ1v) is 5.42. The molecule has 0 aliphatic heterocycles. The Kier molecular flexibility index (Phi) is 3.06. The Labute approximate surface area is 95.3 Å². The number of aromatic nitrogens is 1. The van der Waals surface area contributed by atoms with E-state index >= 15 is 0 Å². The Hall–Kier alpha value is -1.61. The molecule has 1 aromatic carbocycles. The van der Waals surface area contributed by atoms with Crippen LogP contribution in [0.15, 0.2) is 34.9 Å². The lowest BCUT2D eigenvalue weighted by molar-refractivity contribution is 0.500. The highest BCUT2D eigenvalue weighted by atomic mass is 16.4. The Morgan fingerprint density at radius 2 is 2.00 bits per heavy atom. The summed E-state index contributed by atoms with van der Waals surface area (Å²) < 4.78 is 5.63. The predicted molar refractivity (Wildman–Crippen MR) is 64.0 cm³/mol. The third-order valence-corrected chi connectivity index (χ3v) is 2.38. The number of benzene rings is 1. The molecule has 0 aliphatic carbocycles. The van der Waals surface area contributed by atoms with Gasteiger partial charge in [0, 0.05) is 18.0 Å². The van der Waals surface area contributed by atoms with Gasteiger partial charge in [-0.05, 0) is 26.0 Å². The van der Waals surface area contributed by atoms with Gasteiger partial charge in [-0.3, -0.25) is 0 Å². The number of nitrogens with two attached hydrogens (primary N) is 1. The largest absolute Gasteiger partial charge is 0.441 e. The molecule has 1 unspecified atom stereocenters. The molecule has 2 N–H and O–H groups in total. The third-order valence-electron chi connectivity index (χ3n) is 2.38. The molecule has 1 aromatic heterocycles. The van der Waals surface area contributed by atoms with Crippen LogP contribution in [0.5, 0.6) is 0 Å². The van der Waals surface area contributed by atoms with Crippen LogP contribution >= 0.6 is 0 Å². The second-order valence-electron chi connectivity index (χ2n) is 4.18. The Bertz CT molecular complexity index is 457. The van der Waals surface area contributed by atoms with Crippen LogP contribution in [-0.4, -0.2) is 11.0 Å². The monoisotopic (exact) mass is 216 g/mol. The summed E-state index contributed by atoms with van der Waals surface area (Å²) in [5, 5.41) is 0. The molecule has 0 spiro atoms. The van der Waals surface area contributed by atoms with Gasteiger partial charge in [-0.2, -0.15) is 0 Å². The highest BCUT2D eigenvalue weighted by Gasteiger charge is 2.07. The SMILES string of the molecule is Cc1ccc(-c2ncc(CC(C)N)o2)cc1. The molecule has 2 rings (SSSR count). The molecule has 1 atom stereocenters.